The van der Waals surface area contributed by atoms with E-state index in [9.17, 15) is 4.79 Å². The molecule has 4 heteroatoms. The van der Waals surface area contributed by atoms with Crippen molar-refractivity contribution in [3.63, 3.8) is 0 Å². The Labute approximate surface area is 121 Å². The summed E-state index contributed by atoms with van der Waals surface area (Å²) in [4.78, 5) is 12.0. The summed E-state index contributed by atoms with van der Waals surface area (Å²) in [5.74, 6) is -0.0176. The van der Waals surface area contributed by atoms with E-state index in [0.717, 1.165) is 11.1 Å². The minimum atomic E-state index is -0.480. The largest absolute Gasteiger partial charge is 0.423 e. The molecule has 0 heterocycles. The third-order valence-corrected chi connectivity index (χ3v) is 3.64. The van der Waals surface area contributed by atoms with Gasteiger partial charge in [0.05, 0.1) is 10.6 Å². The molecule has 2 rings (SSSR count). The highest BCUT2D eigenvalue weighted by Crippen LogP contribution is 2.27. The van der Waals surface area contributed by atoms with Crippen LogP contribution in [0.2, 0.25) is 10.0 Å². The lowest BCUT2D eigenvalue weighted by Crippen LogP contribution is -2.09. The number of hydrogen-bond acceptors (Lipinski definition) is 2. The Balaban J connectivity index is 2.27. The fraction of sp³-hybridized carbons (Fsp3) is 0.133. The lowest BCUT2D eigenvalue weighted by atomic mass is 10.1. The summed E-state index contributed by atoms with van der Waals surface area (Å²) in [5.41, 5.74) is 2.07. The zero-order valence-corrected chi connectivity index (χ0v) is 12.0. The Morgan fingerprint density at radius 1 is 1.05 bits per heavy atom. The number of halogens is 2. The first-order chi connectivity index (χ1) is 8.99. The summed E-state index contributed by atoms with van der Waals surface area (Å²) >= 11 is 12.0. The van der Waals surface area contributed by atoms with Gasteiger partial charge in [0.2, 0.25) is 0 Å². The quantitative estimate of drug-likeness (QED) is 0.586. The molecule has 2 nitrogen and oxygen atoms in total. The van der Waals surface area contributed by atoms with Crippen molar-refractivity contribution in [2.24, 2.45) is 0 Å². The van der Waals surface area contributed by atoms with Gasteiger partial charge in [-0.3, -0.25) is 0 Å². The van der Waals surface area contributed by atoms with E-state index >= 15 is 0 Å². The number of rotatable bonds is 2. The Kier molecular flexibility index (Phi) is 4.13. The molecule has 0 aliphatic rings. The number of hydrogen-bond donors (Lipinski definition) is 0. The summed E-state index contributed by atoms with van der Waals surface area (Å²) in [5, 5.41) is 1.05. The van der Waals surface area contributed by atoms with Crippen LogP contribution in [0.25, 0.3) is 0 Å². The van der Waals surface area contributed by atoms with Crippen LogP contribution in [0.5, 0.6) is 5.75 Å². The Morgan fingerprint density at radius 2 is 1.63 bits per heavy atom. The third-order valence-electron chi connectivity index (χ3n) is 2.71. The van der Waals surface area contributed by atoms with Gasteiger partial charge in [-0.15, -0.1) is 0 Å². The first-order valence-corrected chi connectivity index (χ1v) is 6.48. The third kappa shape index (κ3) is 3.09. The first-order valence-electron chi connectivity index (χ1n) is 5.72. The molecule has 2 aromatic carbocycles. The van der Waals surface area contributed by atoms with E-state index in [2.05, 4.69) is 0 Å². The molecule has 0 aromatic heterocycles. The SMILES string of the molecule is Cc1cc(OC(=O)c2ccccc2Cl)cc(C)c1Cl. The van der Waals surface area contributed by atoms with Crippen molar-refractivity contribution in [2.45, 2.75) is 13.8 Å². The molecular formula is C15H12Cl2O2. The van der Waals surface area contributed by atoms with Crippen LogP contribution in [0.4, 0.5) is 0 Å². The van der Waals surface area contributed by atoms with Crippen LogP contribution in [0.3, 0.4) is 0 Å². The predicted octanol–water partition coefficient (Wildman–Crippen LogP) is 4.83. The first kappa shape index (κ1) is 13.9. The summed E-state index contributed by atoms with van der Waals surface area (Å²) in [6.45, 7) is 3.73. The highest BCUT2D eigenvalue weighted by Gasteiger charge is 2.13. The Bertz CT molecular complexity index is 613. The molecule has 0 unspecified atom stereocenters. The molecule has 0 aliphatic heterocycles. The standard InChI is InChI=1S/C15H12Cl2O2/c1-9-7-11(8-10(2)14(9)17)19-15(18)12-5-3-4-6-13(12)16/h3-8H,1-2H3. The highest BCUT2D eigenvalue weighted by atomic mass is 35.5. The number of benzene rings is 2. The Morgan fingerprint density at radius 3 is 2.21 bits per heavy atom. The minimum absolute atomic E-state index is 0.342. The van der Waals surface area contributed by atoms with Crippen LogP contribution in [-0.4, -0.2) is 5.97 Å². The average Bonchev–Trinajstić information content (AvgIpc) is 2.36. The second-order valence-electron chi connectivity index (χ2n) is 4.24. The van der Waals surface area contributed by atoms with E-state index in [-0.39, 0.29) is 0 Å². The molecule has 0 bridgehead atoms. The molecule has 0 saturated heterocycles. The van der Waals surface area contributed by atoms with Gasteiger partial charge in [0, 0.05) is 5.02 Å². The second-order valence-corrected chi connectivity index (χ2v) is 5.03. The van der Waals surface area contributed by atoms with Crippen LogP contribution in [-0.2, 0) is 0 Å². The summed E-state index contributed by atoms with van der Waals surface area (Å²) in [7, 11) is 0. The fourth-order valence-electron chi connectivity index (χ4n) is 1.75. The predicted molar refractivity (Wildman–Crippen MR) is 77.3 cm³/mol. The second kappa shape index (κ2) is 5.64. The average molecular weight is 295 g/mol. The van der Waals surface area contributed by atoms with E-state index in [1.165, 1.54) is 0 Å². The Hall–Kier alpha value is -1.51. The maximum atomic E-state index is 12.0. The van der Waals surface area contributed by atoms with Gasteiger partial charge in [-0.05, 0) is 49.2 Å². The molecule has 0 radical (unpaired) electrons. The number of ether oxygens (including phenoxy) is 1. The molecule has 2 aromatic rings. The molecule has 0 aliphatic carbocycles. The van der Waals surface area contributed by atoms with Crippen molar-refractivity contribution in [3.8, 4) is 5.75 Å². The van der Waals surface area contributed by atoms with Crippen molar-refractivity contribution in [1.29, 1.82) is 0 Å². The van der Waals surface area contributed by atoms with Gasteiger partial charge in [-0.2, -0.15) is 0 Å². The molecule has 0 fully saturated rings. The maximum Gasteiger partial charge on any atom is 0.345 e. The zero-order chi connectivity index (χ0) is 14.0. The number of carbonyl (C=O) groups excluding carboxylic acids is 1. The van der Waals surface area contributed by atoms with Crippen LogP contribution >= 0.6 is 23.2 Å². The van der Waals surface area contributed by atoms with Gasteiger partial charge < -0.3 is 4.74 Å². The normalized spacial score (nSPS) is 10.3. The van der Waals surface area contributed by atoms with Crippen molar-refractivity contribution in [1.82, 2.24) is 0 Å². The van der Waals surface area contributed by atoms with E-state index in [1.54, 1.807) is 36.4 Å². The highest BCUT2D eigenvalue weighted by molar-refractivity contribution is 6.33. The molecule has 0 spiro atoms. The van der Waals surface area contributed by atoms with Gasteiger partial charge in [-0.1, -0.05) is 35.3 Å². The topological polar surface area (TPSA) is 26.3 Å². The lowest BCUT2D eigenvalue weighted by molar-refractivity contribution is 0.0735. The number of esters is 1. The van der Waals surface area contributed by atoms with Crippen LogP contribution in [0.1, 0.15) is 21.5 Å². The van der Waals surface area contributed by atoms with Crippen LogP contribution < -0.4 is 4.74 Å². The van der Waals surface area contributed by atoms with Crippen LogP contribution in [0.15, 0.2) is 36.4 Å². The number of carbonyl (C=O) groups is 1. The molecule has 98 valence electrons. The van der Waals surface area contributed by atoms with E-state index in [4.69, 9.17) is 27.9 Å². The molecular weight excluding hydrogens is 283 g/mol. The van der Waals surface area contributed by atoms with Gasteiger partial charge in [0.15, 0.2) is 0 Å². The van der Waals surface area contributed by atoms with Gasteiger partial charge >= 0.3 is 5.97 Å². The molecule has 0 atom stereocenters. The van der Waals surface area contributed by atoms with Crippen molar-refractivity contribution in [3.05, 3.63) is 63.1 Å². The van der Waals surface area contributed by atoms with E-state index in [0.29, 0.717) is 21.4 Å². The lowest BCUT2D eigenvalue weighted by Gasteiger charge is -2.09. The van der Waals surface area contributed by atoms with Crippen molar-refractivity contribution in [2.75, 3.05) is 0 Å². The number of aryl methyl sites for hydroxylation is 2. The summed E-state index contributed by atoms with van der Waals surface area (Å²) < 4.78 is 5.32. The fourth-order valence-corrected chi connectivity index (χ4v) is 2.08. The van der Waals surface area contributed by atoms with E-state index < -0.39 is 5.97 Å². The van der Waals surface area contributed by atoms with Crippen LogP contribution in [0, 0.1) is 13.8 Å². The summed E-state index contributed by atoms with van der Waals surface area (Å²) in [6.07, 6.45) is 0. The van der Waals surface area contributed by atoms with Crippen molar-refractivity contribution >= 4 is 29.2 Å². The van der Waals surface area contributed by atoms with Gasteiger partial charge in [0.1, 0.15) is 5.75 Å². The zero-order valence-electron chi connectivity index (χ0n) is 10.5. The summed E-state index contributed by atoms with van der Waals surface area (Å²) in [6, 6.07) is 10.2. The molecule has 0 N–H and O–H groups in total. The van der Waals surface area contributed by atoms with Crippen molar-refractivity contribution < 1.29 is 9.53 Å². The molecule has 0 saturated carbocycles. The molecule has 19 heavy (non-hydrogen) atoms. The smallest absolute Gasteiger partial charge is 0.345 e. The van der Waals surface area contributed by atoms with E-state index in [1.807, 2.05) is 13.8 Å². The van der Waals surface area contributed by atoms with Gasteiger partial charge in [-0.25, -0.2) is 4.79 Å². The molecule has 0 amide bonds. The maximum absolute atomic E-state index is 12.0. The monoisotopic (exact) mass is 294 g/mol. The minimum Gasteiger partial charge on any atom is -0.423 e. The van der Waals surface area contributed by atoms with Gasteiger partial charge in [0.25, 0.3) is 0 Å².